The molecule has 110 valence electrons. The van der Waals surface area contributed by atoms with Crippen LogP contribution in [0.25, 0.3) is 0 Å². The first-order chi connectivity index (χ1) is 10.3. The van der Waals surface area contributed by atoms with Crippen molar-refractivity contribution in [1.82, 2.24) is 4.98 Å². The Labute approximate surface area is 138 Å². The van der Waals surface area contributed by atoms with Crippen molar-refractivity contribution in [3.63, 3.8) is 0 Å². The van der Waals surface area contributed by atoms with E-state index in [1.807, 2.05) is 30.5 Å². The number of hydrogen-bond donors (Lipinski definition) is 0. The van der Waals surface area contributed by atoms with Crippen LogP contribution in [0.1, 0.15) is 5.56 Å². The molecular weight excluding hydrogens is 350 g/mol. The van der Waals surface area contributed by atoms with Crippen LogP contribution in [0.4, 0.5) is 11.5 Å². The van der Waals surface area contributed by atoms with Crippen LogP contribution in [0.15, 0.2) is 42.6 Å². The Morgan fingerprint density at radius 2 is 1.81 bits per heavy atom. The summed E-state index contributed by atoms with van der Waals surface area (Å²) in [7, 11) is 0. The van der Waals surface area contributed by atoms with Gasteiger partial charge in [-0.25, -0.2) is 4.98 Å². The lowest BCUT2D eigenvalue weighted by Crippen LogP contribution is -2.47. The molecule has 0 saturated carbocycles. The molecule has 1 fully saturated rings. The average Bonchev–Trinajstić information content (AvgIpc) is 2.56. The smallest absolute Gasteiger partial charge is 0.128 e. The van der Waals surface area contributed by atoms with Crippen LogP contribution in [0.2, 0.25) is 5.02 Å². The summed E-state index contributed by atoms with van der Waals surface area (Å²) in [5.41, 5.74) is 2.52. The molecule has 0 radical (unpaired) electrons. The summed E-state index contributed by atoms with van der Waals surface area (Å²) in [6.07, 6.45) is 1.85. The number of piperazine rings is 1. The van der Waals surface area contributed by atoms with Crippen molar-refractivity contribution < 1.29 is 0 Å². The van der Waals surface area contributed by atoms with Crippen LogP contribution >= 0.6 is 27.5 Å². The Balaban J connectivity index is 1.71. The molecule has 1 aliphatic heterocycles. The fourth-order valence-corrected chi connectivity index (χ4v) is 3.33. The summed E-state index contributed by atoms with van der Waals surface area (Å²) in [6.45, 7) is 3.97. The fourth-order valence-electron chi connectivity index (χ4n) is 2.69. The number of pyridine rings is 1. The van der Waals surface area contributed by atoms with Crippen LogP contribution in [0.5, 0.6) is 0 Å². The molecular formula is C16H17BrClN3. The lowest BCUT2D eigenvalue weighted by atomic mass is 10.1. The van der Waals surface area contributed by atoms with Crippen molar-refractivity contribution in [2.24, 2.45) is 0 Å². The minimum atomic E-state index is 0.792. The number of alkyl halides is 1. The first-order valence-electron chi connectivity index (χ1n) is 7.03. The number of hydrogen-bond acceptors (Lipinski definition) is 3. The number of halogens is 2. The van der Waals surface area contributed by atoms with E-state index in [1.165, 1.54) is 11.3 Å². The average molecular weight is 367 g/mol. The zero-order valence-electron chi connectivity index (χ0n) is 11.7. The summed E-state index contributed by atoms with van der Waals surface area (Å²) < 4.78 is 0. The van der Waals surface area contributed by atoms with E-state index < -0.39 is 0 Å². The van der Waals surface area contributed by atoms with E-state index in [2.05, 4.69) is 42.8 Å². The van der Waals surface area contributed by atoms with Gasteiger partial charge in [-0.15, -0.1) is 0 Å². The van der Waals surface area contributed by atoms with Gasteiger partial charge in [0.15, 0.2) is 0 Å². The van der Waals surface area contributed by atoms with E-state index >= 15 is 0 Å². The quantitative estimate of drug-likeness (QED) is 0.767. The third kappa shape index (κ3) is 3.33. The van der Waals surface area contributed by atoms with Gasteiger partial charge in [0.25, 0.3) is 0 Å². The molecule has 0 unspecified atom stereocenters. The number of anilines is 2. The van der Waals surface area contributed by atoms with Crippen molar-refractivity contribution in [3.05, 3.63) is 53.2 Å². The molecule has 3 nitrogen and oxygen atoms in total. The van der Waals surface area contributed by atoms with E-state index in [1.54, 1.807) is 0 Å². The van der Waals surface area contributed by atoms with Gasteiger partial charge in [-0.1, -0.05) is 33.6 Å². The number of nitrogens with zero attached hydrogens (tertiary/aromatic N) is 3. The lowest BCUT2D eigenvalue weighted by molar-refractivity contribution is 0.646. The monoisotopic (exact) mass is 365 g/mol. The number of aromatic nitrogens is 1. The number of rotatable bonds is 3. The highest BCUT2D eigenvalue weighted by Crippen LogP contribution is 2.27. The first kappa shape index (κ1) is 14.7. The van der Waals surface area contributed by atoms with Crippen molar-refractivity contribution in [3.8, 4) is 0 Å². The molecule has 0 spiro atoms. The summed E-state index contributed by atoms with van der Waals surface area (Å²) >= 11 is 9.63. The van der Waals surface area contributed by atoms with Crippen LogP contribution in [-0.4, -0.2) is 31.2 Å². The second kappa shape index (κ2) is 6.67. The van der Waals surface area contributed by atoms with E-state index in [4.69, 9.17) is 11.6 Å². The van der Waals surface area contributed by atoms with Crippen LogP contribution in [0.3, 0.4) is 0 Å². The van der Waals surface area contributed by atoms with Gasteiger partial charge in [0.2, 0.25) is 0 Å². The van der Waals surface area contributed by atoms with E-state index in [-0.39, 0.29) is 0 Å². The Morgan fingerprint density at radius 3 is 2.48 bits per heavy atom. The van der Waals surface area contributed by atoms with Crippen molar-refractivity contribution in [2.45, 2.75) is 5.33 Å². The molecule has 2 aromatic rings. The largest absolute Gasteiger partial charge is 0.368 e. The Kier molecular flexibility index (Phi) is 4.66. The highest BCUT2D eigenvalue weighted by molar-refractivity contribution is 9.08. The minimum absolute atomic E-state index is 0.792. The normalized spacial score (nSPS) is 15.3. The van der Waals surface area contributed by atoms with Gasteiger partial charge in [0.05, 0.1) is 0 Å². The minimum Gasteiger partial charge on any atom is -0.368 e. The lowest BCUT2D eigenvalue weighted by Gasteiger charge is -2.37. The molecule has 2 heterocycles. The van der Waals surface area contributed by atoms with Gasteiger partial charge in [-0.2, -0.15) is 0 Å². The maximum atomic E-state index is 6.08. The Bertz CT molecular complexity index is 598. The topological polar surface area (TPSA) is 19.4 Å². The van der Waals surface area contributed by atoms with Crippen LogP contribution in [-0.2, 0) is 5.33 Å². The SMILES string of the molecule is Clc1ccc(N2CCN(c3ccccn3)CC2)c(CBr)c1. The molecule has 0 amide bonds. The van der Waals surface area contributed by atoms with E-state index in [9.17, 15) is 0 Å². The molecule has 0 aliphatic carbocycles. The third-order valence-electron chi connectivity index (χ3n) is 3.78. The van der Waals surface area contributed by atoms with Gasteiger partial charge < -0.3 is 9.80 Å². The van der Waals surface area contributed by atoms with Gasteiger partial charge in [0.1, 0.15) is 5.82 Å². The second-order valence-corrected chi connectivity index (χ2v) is 6.07. The Hall–Kier alpha value is -1.26. The first-order valence-corrected chi connectivity index (χ1v) is 8.53. The second-order valence-electron chi connectivity index (χ2n) is 5.07. The molecule has 1 aromatic carbocycles. The fraction of sp³-hybridized carbons (Fsp3) is 0.312. The zero-order valence-corrected chi connectivity index (χ0v) is 14.0. The molecule has 0 N–H and O–H groups in total. The maximum Gasteiger partial charge on any atom is 0.128 e. The highest BCUT2D eigenvalue weighted by Gasteiger charge is 2.19. The molecule has 1 aliphatic rings. The molecule has 3 rings (SSSR count). The van der Waals surface area contributed by atoms with Crippen molar-refractivity contribution in [1.29, 1.82) is 0 Å². The summed E-state index contributed by atoms with van der Waals surface area (Å²) in [6, 6.07) is 12.2. The highest BCUT2D eigenvalue weighted by atomic mass is 79.9. The predicted octanol–water partition coefficient (Wildman–Crippen LogP) is 3.96. The molecule has 1 aromatic heterocycles. The summed E-state index contributed by atoms with van der Waals surface area (Å²) in [5.74, 6) is 1.06. The van der Waals surface area contributed by atoms with Gasteiger partial charge in [0, 0.05) is 48.4 Å². The van der Waals surface area contributed by atoms with E-state index in [0.29, 0.717) is 0 Å². The van der Waals surface area contributed by atoms with Crippen molar-refractivity contribution >= 4 is 39.0 Å². The summed E-state index contributed by atoms with van der Waals surface area (Å²) in [5, 5.41) is 1.61. The number of benzene rings is 1. The standard InChI is InChI=1S/C16H17BrClN3/c17-12-13-11-14(18)4-5-15(13)20-7-9-21(10-8-20)16-3-1-2-6-19-16/h1-6,11H,7-10,12H2. The van der Waals surface area contributed by atoms with Gasteiger partial charge in [-0.3, -0.25) is 0 Å². The van der Waals surface area contributed by atoms with Gasteiger partial charge >= 0.3 is 0 Å². The van der Waals surface area contributed by atoms with Crippen molar-refractivity contribution in [2.75, 3.05) is 36.0 Å². The summed E-state index contributed by atoms with van der Waals surface area (Å²) in [4.78, 5) is 9.18. The predicted molar refractivity (Wildman–Crippen MR) is 92.7 cm³/mol. The molecule has 1 saturated heterocycles. The zero-order chi connectivity index (χ0) is 14.7. The van der Waals surface area contributed by atoms with E-state index in [0.717, 1.165) is 42.3 Å². The molecule has 21 heavy (non-hydrogen) atoms. The van der Waals surface area contributed by atoms with Crippen LogP contribution in [0, 0.1) is 0 Å². The maximum absolute atomic E-state index is 6.08. The van der Waals surface area contributed by atoms with Gasteiger partial charge in [-0.05, 0) is 35.9 Å². The third-order valence-corrected chi connectivity index (χ3v) is 4.62. The van der Waals surface area contributed by atoms with Crippen LogP contribution < -0.4 is 9.80 Å². The Morgan fingerprint density at radius 1 is 1.05 bits per heavy atom. The molecule has 5 heteroatoms. The molecule has 0 bridgehead atoms. The molecule has 0 atom stereocenters.